The first-order valence-corrected chi connectivity index (χ1v) is 3.69. The second kappa shape index (κ2) is 3.46. The highest BCUT2D eigenvalue weighted by Gasteiger charge is 2.02. The lowest BCUT2D eigenvalue weighted by atomic mass is 10.6. The molecule has 2 unspecified atom stereocenters. The standard InChI is InChI=1S/C3H8O2S2/c1-3(2-6)7(4)5/h3,6H,2H2,1H3,(H,4,5). The Morgan fingerprint density at radius 3 is 2.43 bits per heavy atom. The van der Waals surface area contributed by atoms with Crippen LogP contribution in [0.2, 0.25) is 0 Å². The van der Waals surface area contributed by atoms with E-state index in [2.05, 4.69) is 12.6 Å². The molecule has 0 aliphatic carbocycles. The highest BCUT2D eigenvalue weighted by molar-refractivity contribution is 7.84. The minimum absolute atomic E-state index is 0.205. The van der Waals surface area contributed by atoms with Gasteiger partial charge in [-0.3, -0.25) is 0 Å². The van der Waals surface area contributed by atoms with Crippen molar-refractivity contribution < 1.29 is 8.76 Å². The molecule has 0 aromatic carbocycles. The number of thiol groups is 1. The van der Waals surface area contributed by atoms with E-state index in [0.717, 1.165) is 0 Å². The van der Waals surface area contributed by atoms with E-state index < -0.39 is 11.1 Å². The van der Waals surface area contributed by atoms with Gasteiger partial charge in [0.15, 0.2) is 11.1 Å². The van der Waals surface area contributed by atoms with E-state index in [4.69, 9.17) is 4.55 Å². The summed E-state index contributed by atoms with van der Waals surface area (Å²) < 4.78 is 18.2. The van der Waals surface area contributed by atoms with Gasteiger partial charge >= 0.3 is 0 Å². The molecule has 0 fully saturated rings. The molecule has 0 bridgehead atoms. The van der Waals surface area contributed by atoms with Crippen molar-refractivity contribution in [3.05, 3.63) is 0 Å². The minimum atomic E-state index is -1.69. The lowest BCUT2D eigenvalue weighted by Crippen LogP contribution is -2.10. The van der Waals surface area contributed by atoms with Crippen LogP contribution in [0.5, 0.6) is 0 Å². The zero-order valence-electron chi connectivity index (χ0n) is 4.00. The molecule has 4 heteroatoms. The Kier molecular flexibility index (Phi) is 3.69. The summed E-state index contributed by atoms with van der Waals surface area (Å²) in [6.45, 7) is 1.67. The highest BCUT2D eigenvalue weighted by atomic mass is 32.2. The number of rotatable bonds is 2. The molecule has 0 aromatic rings. The highest BCUT2D eigenvalue weighted by Crippen LogP contribution is 1.92. The summed E-state index contributed by atoms with van der Waals surface area (Å²) in [4.78, 5) is 0. The van der Waals surface area contributed by atoms with Gasteiger partial charge in [-0.2, -0.15) is 12.6 Å². The SMILES string of the molecule is CC(CS)S(=O)O. The molecule has 1 N–H and O–H groups in total. The molecule has 0 spiro atoms. The molecule has 0 aliphatic heterocycles. The van der Waals surface area contributed by atoms with Crippen molar-refractivity contribution >= 4 is 23.7 Å². The van der Waals surface area contributed by atoms with Crippen molar-refractivity contribution in [2.24, 2.45) is 0 Å². The summed E-state index contributed by atoms with van der Waals surface area (Å²) in [7, 11) is 0. The van der Waals surface area contributed by atoms with Crippen molar-refractivity contribution in [2.75, 3.05) is 5.75 Å². The predicted octanol–water partition coefficient (Wildman–Crippen LogP) is 0.526. The fourth-order valence-electron chi connectivity index (χ4n) is 0.0638. The summed E-state index contributed by atoms with van der Waals surface area (Å²) in [5.74, 6) is 0.461. The zero-order chi connectivity index (χ0) is 5.86. The zero-order valence-corrected chi connectivity index (χ0v) is 5.71. The van der Waals surface area contributed by atoms with Gasteiger partial charge in [0.1, 0.15) is 0 Å². The predicted molar refractivity (Wildman–Crippen MR) is 34.1 cm³/mol. The van der Waals surface area contributed by atoms with E-state index in [0.29, 0.717) is 5.75 Å². The Balaban J connectivity index is 3.34. The van der Waals surface area contributed by atoms with Crippen LogP contribution >= 0.6 is 12.6 Å². The molecule has 0 saturated heterocycles. The van der Waals surface area contributed by atoms with Crippen LogP contribution in [0.4, 0.5) is 0 Å². The topological polar surface area (TPSA) is 37.3 Å². The quantitative estimate of drug-likeness (QED) is 0.433. The number of hydrogen-bond acceptors (Lipinski definition) is 2. The van der Waals surface area contributed by atoms with E-state index in [1.165, 1.54) is 0 Å². The van der Waals surface area contributed by atoms with E-state index in [1.807, 2.05) is 0 Å². The molecule has 0 amide bonds. The van der Waals surface area contributed by atoms with Crippen LogP contribution in [0.3, 0.4) is 0 Å². The molecule has 2 nitrogen and oxygen atoms in total. The van der Waals surface area contributed by atoms with Gasteiger partial charge in [0, 0.05) is 5.75 Å². The molecule has 0 aliphatic rings. The Morgan fingerprint density at radius 1 is 2.00 bits per heavy atom. The van der Waals surface area contributed by atoms with Gasteiger partial charge in [-0.15, -0.1) is 0 Å². The Hall–Kier alpha value is 0.460. The molecule has 0 rings (SSSR count). The third-order valence-corrected chi connectivity index (χ3v) is 2.25. The Bertz CT molecular complexity index is 73.3. The first-order chi connectivity index (χ1) is 3.18. The maximum Gasteiger partial charge on any atom is 0.156 e. The molecular formula is C3H8O2S2. The van der Waals surface area contributed by atoms with Crippen LogP contribution in [0.15, 0.2) is 0 Å². The smallest absolute Gasteiger partial charge is 0.156 e. The van der Waals surface area contributed by atoms with Crippen LogP contribution in [0, 0.1) is 0 Å². The van der Waals surface area contributed by atoms with Crippen LogP contribution in [0.1, 0.15) is 6.92 Å². The summed E-state index contributed by atoms with van der Waals surface area (Å²) in [5.41, 5.74) is 0. The van der Waals surface area contributed by atoms with Crippen molar-refractivity contribution in [2.45, 2.75) is 12.2 Å². The van der Waals surface area contributed by atoms with Crippen molar-refractivity contribution in [1.29, 1.82) is 0 Å². The third-order valence-electron chi connectivity index (χ3n) is 0.601. The summed E-state index contributed by atoms with van der Waals surface area (Å²) in [5, 5.41) is -0.205. The molecule has 7 heavy (non-hydrogen) atoms. The van der Waals surface area contributed by atoms with Crippen LogP contribution in [-0.2, 0) is 11.1 Å². The average molecular weight is 140 g/mol. The monoisotopic (exact) mass is 140 g/mol. The van der Waals surface area contributed by atoms with Gasteiger partial charge in [-0.25, -0.2) is 4.21 Å². The maximum atomic E-state index is 9.99. The van der Waals surface area contributed by atoms with E-state index in [9.17, 15) is 4.21 Å². The van der Waals surface area contributed by atoms with E-state index >= 15 is 0 Å². The van der Waals surface area contributed by atoms with Gasteiger partial charge in [0.25, 0.3) is 0 Å². The van der Waals surface area contributed by atoms with Crippen molar-refractivity contribution in [1.82, 2.24) is 0 Å². The average Bonchev–Trinajstić information content (AvgIpc) is 1.65. The normalized spacial score (nSPS) is 18.7. The van der Waals surface area contributed by atoms with Crippen LogP contribution in [0.25, 0.3) is 0 Å². The summed E-state index contributed by atoms with van der Waals surface area (Å²) >= 11 is 2.12. The minimum Gasteiger partial charge on any atom is -0.306 e. The second-order valence-corrected chi connectivity index (χ2v) is 2.99. The molecular weight excluding hydrogens is 132 g/mol. The number of hydrogen-bond donors (Lipinski definition) is 2. The lowest BCUT2D eigenvalue weighted by molar-refractivity contribution is 0.556. The van der Waals surface area contributed by atoms with Gasteiger partial charge in [-0.05, 0) is 6.92 Å². The van der Waals surface area contributed by atoms with Crippen molar-refractivity contribution in [3.8, 4) is 0 Å². The molecule has 44 valence electrons. The lowest BCUT2D eigenvalue weighted by Gasteiger charge is -1.97. The summed E-state index contributed by atoms with van der Waals surface area (Å²) in [6.07, 6.45) is 0. The molecule has 0 heterocycles. The summed E-state index contributed by atoms with van der Waals surface area (Å²) in [6, 6.07) is 0. The fraction of sp³-hybridized carbons (Fsp3) is 1.00. The molecule has 0 aromatic heterocycles. The largest absolute Gasteiger partial charge is 0.306 e. The fourth-order valence-corrected chi connectivity index (χ4v) is 0.574. The van der Waals surface area contributed by atoms with Crippen molar-refractivity contribution in [3.63, 3.8) is 0 Å². The van der Waals surface area contributed by atoms with Gasteiger partial charge in [0.05, 0.1) is 5.25 Å². The van der Waals surface area contributed by atoms with E-state index in [-0.39, 0.29) is 5.25 Å². The first kappa shape index (κ1) is 7.46. The van der Waals surface area contributed by atoms with Crippen LogP contribution < -0.4 is 0 Å². The van der Waals surface area contributed by atoms with Gasteiger partial charge in [0.2, 0.25) is 0 Å². The van der Waals surface area contributed by atoms with Gasteiger partial charge < -0.3 is 4.55 Å². The second-order valence-electron chi connectivity index (χ2n) is 1.27. The molecule has 0 saturated carbocycles. The van der Waals surface area contributed by atoms with Crippen LogP contribution in [-0.4, -0.2) is 19.8 Å². The molecule has 0 radical (unpaired) electrons. The Labute approximate surface area is 51.0 Å². The maximum absolute atomic E-state index is 9.99. The third kappa shape index (κ3) is 3.08. The van der Waals surface area contributed by atoms with Gasteiger partial charge in [-0.1, -0.05) is 0 Å². The first-order valence-electron chi connectivity index (χ1n) is 1.89. The Morgan fingerprint density at radius 2 is 2.43 bits per heavy atom. The molecule has 2 atom stereocenters. The van der Waals surface area contributed by atoms with E-state index in [1.54, 1.807) is 6.92 Å².